The van der Waals surface area contributed by atoms with Crippen LogP contribution in [0.2, 0.25) is 0 Å². The molecule has 1 N–H and O–H groups in total. The largest absolute Gasteiger partial charge is 0.355 e. The number of nitrogens with one attached hydrogen (secondary N) is 1. The van der Waals surface area contributed by atoms with Crippen LogP contribution < -0.4 is 5.32 Å². The monoisotopic (exact) mass is 281 g/mol. The summed E-state index contributed by atoms with van der Waals surface area (Å²) in [4.78, 5) is 13.4. The van der Waals surface area contributed by atoms with Gasteiger partial charge in [0.1, 0.15) is 0 Å². The van der Waals surface area contributed by atoms with Crippen molar-refractivity contribution in [2.45, 2.75) is 29.4 Å². The Bertz CT molecular complexity index is 448. The maximum Gasteiger partial charge on any atom is 0.233 e. The summed E-state index contributed by atoms with van der Waals surface area (Å²) < 4.78 is 0. The van der Waals surface area contributed by atoms with Crippen molar-refractivity contribution in [1.29, 1.82) is 0 Å². The number of benzene rings is 1. The Morgan fingerprint density at radius 1 is 1.44 bits per heavy atom. The predicted molar refractivity (Wildman–Crippen MR) is 75.2 cm³/mol. The molecule has 1 aliphatic heterocycles. The second kappa shape index (κ2) is 4.78. The zero-order chi connectivity index (χ0) is 12.6. The Morgan fingerprint density at radius 3 is 2.89 bits per heavy atom. The standard InChI is InChI=1S/C14H16ClNOS/c15-8-14(5-6-14)9-16-13(17)12-7-10-3-1-2-4-11(10)18-12/h1-4,12H,5-9H2,(H,16,17). The van der Waals surface area contributed by atoms with Crippen LogP contribution >= 0.6 is 23.4 Å². The molecule has 1 aromatic carbocycles. The van der Waals surface area contributed by atoms with Crippen molar-refractivity contribution < 1.29 is 4.79 Å². The molecule has 0 saturated heterocycles. The minimum absolute atomic E-state index is 0.0357. The van der Waals surface area contributed by atoms with Crippen molar-refractivity contribution in [2.24, 2.45) is 5.41 Å². The number of rotatable bonds is 4. The van der Waals surface area contributed by atoms with Gasteiger partial charge in [-0.25, -0.2) is 0 Å². The molecule has 1 unspecified atom stereocenters. The van der Waals surface area contributed by atoms with Gasteiger partial charge in [-0.3, -0.25) is 4.79 Å². The molecular formula is C14H16ClNOS. The number of hydrogen-bond acceptors (Lipinski definition) is 2. The topological polar surface area (TPSA) is 29.1 Å². The van der Waals surface area contributed by atoms with Crippen molar-refractivity contribution in [2.75, 3.05) is 12.4 Å². The van der Waals surface area contributed by atoms with E-state index >= 15 is 0 Å². The van der Waals surface area contributed by atoms with E-state index in [0.717, 1.165) is 25.8 Å². The van der Waals surface area contributed by atoms with Crippen LogP contribution in [-0.4, -0.2) is 23.6 Å². The van der Waals surface area contributed by atoms with Crippen LogP contribution in [0.15, 0.2) is 29.2 Å². The minimum Gasteiger partial charge on any atom is -0.355 e. The molecule has 3 rings (SSSR count). The third-order valence-electron chi connectivity index (χ3n) is 3.82. The summed E-state index contributed by atoms with van der Waals surface area (Å²) in [5.74, 6) is 0.818. The van der Waals surface area contributed by atoms with E-state index < -0.39 is 0 Å². The average Bonchev–Trinajstić information content (AvgIpc) is 3.05. The molecule has 2 aliphatic rings. The van der Waals surface area contributed by atoms with Gasteiger partial charge in [0.25, 0.3) is 0 Å². The molecule has 1 heterocycles. The van der Waals surface area contributed by atoms with Gasteiger partial charge in [-0.15, -0.1) is 23.4 Å². The number of halogens is 1. The quantitative estimate of drug-likeness (QED) is 0.860. The summed E-state index contributed by atoms with van der Waals surface area (Å²) in [5.41, 5.74) is 1.49. The molecule has 0 spiro atoms. The molecule has 0 radical (unpaired) electrons. The van der Waals surface area contributed by atoms with Gasteiger partial charge in [-0.2, -0.15) is 0 Å². The fraction of sp³-hybridized carbons (Fsp3) is 0.500. The van der Waals surface area contributed by atoms with E-state index in [9.17, 15) is 4.79 Å². The number of carbonyl (C=O) groups is 1. The summed E-state index contributed by atoms with van der Waals surface area (Å²) >= 11 is 7.59. The lowest BCUT2D eigenvalue weighted by Crippen LogP contribution is -2.37. The number of amides is 1. The first-order valence-electron chi connectivity index (χ1n) is 6.31. The van der Waals surface area contributed by atoms with Gasteiger partial charge in [0.05, 0.1) is 5.25 Å². The molecule has 1 atom stereocenters. The van der Waals surface area contributed by atoms with E-state index in [1.54, 1.807) is 11.8 Å². The third-order valence-corrected chi connectivity index (χ3v) is 5.70. The maximum absolute atomic E-state index is 12.1. The molecule has 1 aliphatic carbocycles. The maximum atomic E-state index is 12.1. The van der Waals surface area contributed by atoms with Crippen molar-refractivity contribution in [1.82, 2.24) is 5.32 Å². The average molecular weight is 282 g/mol. The van der Waals surface area contributed by atoms with Crippen LogP contribution in [0.5, 0.6) is 0 Å². The molecule has 2 nitrogen and oxygen atoms in total. The van der Waals surface area contributed by atoms with Crippen LogP contribution in [-0.2, 0) is 11.2 Å². The first kappa shape index (κ1) is 12.4. The van der Waals surface area contributed by atoms with Gasteiger partial charge in [0.15, 0.2) is 0 Å². The lowest BCUT2D eigenvalue weighted by atomic mass is 10.1. The van der Waals surface area contributed by atoms with Crippen LogP contribution in [0, 0.1) is 5.41 Å². The second-order valence-electron chi connectivity index (χ2n) is 5.27. The Morgan fingerprint density at radius 2 is 2.22 bits per heavy atom. The minimum atomic E-state index is 0.0357. The van der Waals surface area contributed by atoms with Gasteiger partial charge in [-0.1, -0.05) is 18.2 Å². The van der Waals surface area contributed by atoms with E-state index in [1.165, 1.54) is 10.5 Å². The normalized spacial score (nSPS) is 23.5. The lowest BCUT2D eigenvalue weighted by Gasteiger charge is -2.14. The number of alkyl halides is 1. The third kappa shape index (κ3) is 2.39. The van der Waals surface area contributed by atoms with Crippen LogP contribution in [0.3, 0.4) is 0 Å². The van der Waals surface area contributed by atoms with Crippen molar-refractivity contribution in [3.8, 4) is 0 Å². The Kier molecular flexibility index (Phi) is 3.29. The highest BCUT2D eigenvalue weighted by Gasteiger charge is 2.42. The smallest absolute Gasteiger partial charge is 0.233 e. The van der Waals surface area contributed by atoms with Gasteiger partial charge in [-0.05, 0) is 30.9 Å². The Labute approximate surface area is 116 Å². The van der Waals surface area contributed by atoms with Crippen LogP contribution in [0.1, 0.15) is 18.4 Å². The number of thioether (sulfide) groups is 1. The van der Waals surface area contributed by atoms with E-state index in [0.29, 0.717) is 5.88 Å². The molecule has 18 heavy (non-hydrogen) atoms. The zero-order valence-electron chi connectivity index (χ0n) is 10.1. The molecule has 96 valence electrons. The highest BCUT2D eigenvalue weighted by Crippen LogP contribution is 2.46. The summed E-state index contributed by atoms with van der Waals surface area (Å²) in [6.45, 7) is 0.739. The first-order valence-corrected chi connectivity index (χ1v) is 7.72. The van der Waals surface area contributed by atoms with E-state index in [1.807, 2.05) is 12.1 Å². The number of hydrogen-bond donors (Lipinski definition) is 1. The number of carbonyl (C=O) groups excluding carboxylic acids is 1. The highest BCUT2D eigenvalue weighted by molar-refractivity contribution is 8.01. The summed E-state index contributed by atoms with van der Waals surface area (Å²) in [6.07, 6.45) is 3.14. The zero-order valence-corrected chi connectivity index (χ0v) is 11.7. The van der Waals surface area contributed by atoms with Gasteiger partial charge in [0.2, 0.25) is 5.91 Å². The predicted octanol–water partition coefficient (Wildman–Crippen LogP) is 2.84. The van der Waals surface area contributed by atoms with Gasteiger partial charge < -0.3 is 5.32 Å². The molecule has 1 fully saturated rings. The molecule has 1 amide bonds. The molecule has 1 saturated carbocycles. The van der Waals surface area contributed by atoms with Crippen molar-refractivity contribution in [3.05, 3.63) is 29.8 Å². The Hall–Kier alpha value is -0.670. The molecule has 0 bridgehead atoms. The molecular weight excluding hydrogens is 266 g/mol. The lowest BCUT2D eigenvalue weighted by molar-refractivity contribution is -0.120. The Balaban J connectivity index is 1.56. The summed E-state index contributed by atoms with van der Waals surface area (Å²) in [6, 6.07) is 8.26. The fourth-order valence-corrected chi connectivity index (χ4v) is 3.83. The van der Waals surface area contributed by atoms with Gasteiger partial charge in [0, 0.05) is 22.7 Å². The van der Waals surface area contributed by atoms with Crippen LogP contribution in [0.25, 0.3) is 0 Å². The van der Waals surface area contributed by atoms with E-state index in [4.69, 9.17) is 11.6 Å². The molecule has 0 aromatic heterocycles. The molecule has 4 heteroatoms. The van der Waals surface area contributed by atoms with Crippen molar-refractivity contribution >= 4 is 29.3 Å². The van der Waals surface area contributed by atoms with E-state index in [-0.39, 0.29) is 16.6 Å². The first-order chi connectivity index (χ1) is 8.72. The summed E-state index contributed by atoms with van der Waals surface area (Å²) in [7, 11) is 0. The number of fused-ring (bicyclic) bond motifs is 1. The second-order valence-corrected chi connectivity index (χ2v) is 6.78. The van der Waals surface area contributed by atoms with Crippen LogP contribution in [0.4, 0.5) is 0 Å². The van der Waals surface area contributed by atoms with Gasteiger partial charge >= 0.3 is 0 Å². The SMILES string of the molecule is O=C(NCC1(CCl)CC1)C1Cc2ccccc2S1. The summed E-state index contributed by atoms with van der Waals surface area (Å²) in [5, 5.41) is 3.10. The molecule has 1 aromatic rings. The highest BCUT2D eigenvalue weighted by atomic mass is 35.5. The van der Waals surface area contributed by atoms with Crippen molar-refractivity contribution in [3.63, 3.8) is 0 Å². The van der Waals surface area contributed by atoms with E-state index in [2.05, 4.69) is 17.4 Å². The fourth-order valence-electron chi connectivity index (χ4n) is 2.25.